The SMILES string of the molecule is CC(C)(C)[C@@H](NC(=O)C1C2CCCC21)C(=O)O. The predicted molar refractivity (Wildman–Crippen MR) is 63.3 cm³/mol. The minimum Gasteiger partial charge on any atom is -0.480 e. The van der Waals surface area contributed by atoms with Crippen LogP contribution < -0.4 is 5.32 Å². The summed E-state index contributed by atoms with van der Waals surface area (Å²) in [6.45, 7) is 5.50. The van der Waals surface area contributed by atoms with Crippen molar-refractivity contribution in [3.63, 3.8) is 0 Å². The molecule has 2 saturated carbocycles. The van der Waals surface area contributed by atoms with Crippen molar-refractivity contribution in [1.29, 1.82) is 0 Å². The number of carboxylic acid groups (broad SMARTS) is 1. The van der Waals surface area contributed by atoms with E-state index in [2.05, 4.69) is 5.32 Å². The number of fused-ring (bicyclic) bond motifs is 1. The smallest absolute Gasteiger partial charge is 0.326 e. The fraction of sp³-hybridized carbons (Fsp3) is 0.846. The van der Waals surface area contributed by atoms with Gasteiger partial charge in [-0.3, -0.25) is 4.79 Å². The third kappa shape index (κ3) is 2.31. The Balaban J connectivity index is 1.95. The first-order valence-electron chi connectivity index (χ1n) is 6.35. The summed E-state index contributed by atoms with van der Waals surface area (Å²) in [5, 5.41) is 11.9. The van der Waals surface area contributed by atoms with Gasteiger partial charge in [-0.25, -0.2) is 4.79 Å². The van der Waals surface area contributed by atoms with Crippen LogP contribution in [0, 0.1) is 23.2 Å². The summed E-state index contributed by atoms with van der Waals surface area (Å²) in [7, 11) is 0. The van der Waals surface area contributed by atoms with E-state index in [0.29, 0.717) is 11.8 Å². The van der Waals surface area contributed by atoms with Crippen molar-refractivity contribution in [1.82, 2.24) is 5.32 Å². The standard InChI is InChI=1S/C13H21NO3/c1-13(2,3)10(12(16)17)14-11(15)9-7-5-4-6-8(7)9/h7-10H,4-6H2,1-3H3,(H,14,15)(H,16,17)/t7?,8?,9?,10-/m0/s1. The van der Waals surface area contributed by atoms with E-state index in [1.165, 1.54) is 6.42 Å². The Morgan fingerprint density at radius 3 is 2.18 bits per heavy atom. The lowest BCUT2D eigenvalue weighted by atomic mass is 9.86. The molecular weight excluding hydrogens is 218 g/mol. The van der Waals surface area contributed by atoms with Crippen molar-refractivity contribution >= 4 is 11.9 Å². The molecular formula is C13H21NO3. The molecule has 0 aliphatic heterocycles. The van der Waals surface area contributed by atoms with Crippen molar-refractivity contribution in [3.05, 3.63) is 0 Å². The van der Waals surface area contributed by atoms with Gasteiger partial charge in [0.15, 0.2) is 0 Å². The van der Waals surface area contributed by atoms with E-state index in [4.69, 9.17) is 5.11 Å². The van der Waals surface area contributed by atoms with Gasteiger partial charge in [-0.05, 0) is 30.1 Å². The number of nitrogens with one attached hydrogen (secondary N) is 1. The van der Waals surface area contributed by atoms with Gasteiger partial charge in [0.05, 0.1) is 0 Å². The number of carbonyl (C=O) groups is 2. The van der Waals surface area contributed by atoms with E-state index in [1.54, 1.807) is 0 Å². The van der Waals surface area contributed by atoms with Crippen molar-refractivity contribution in [3.8, 4) is 0 Å². The molecule has 2 aliphatic rings. The summed E-state index contributed by atoms with van der Waals surface area (Å²) in [5.74, 6) is 0.153. The predicted octanol–water partition coefficient (Wildman–Crippen LogP) is 1.65. The zero-order valence-electron chi connectivity index (χ0n) is 10.7. The van der Waals surface area contributed by atoms with Crippen LogP contribution in [0.1, 0.15) is 40.0 Å². The average molecular weight is 239 g/mol. The summed E-state index contributed by atoms with van der Waals surface area (Å²) in [5.41, 5.74) is -0.453. The Kier molecular flexibility index (Phi) is 2.92. The normalized spacial score (nSPS) is 32.8. The fourth-order valence-corrected chi connectivity index (χ4v) is 3.10. The molecule has 2 N–H and O–H groups in total. The largest absolute Gasteiger partial charge is 0.480 e. The Hall–Kier alpha value is -1.06. The molecule has 0 radical (unpaired) electrons. The third-order valence-corrected chi connectivity index (χ3v) is 4.11. The van der Waals surface area contributed by atoms with Crippen LogP contribution in [0.15, 0.2) is 0 Å². The molecule has 0 saturated heterocycles. The van der Waals surface area contributed by atoms with Crippen LogP contribution in [-0.2, 0) is 9.59 Å². The van der Waals surface area contributed by atoms with Crippen molar-refractivity contribution in [2.75, 3.05) is 0 Å². The van der Waals surface area contributed by atoms with E-state index < -0.39 is 17.4 Å². The van der Waals surface area contributed by atoms with Gasteiger partial charge < -0.3 is 10.4 Å². The Morgan fingerprint density at radius 2 is 1.76 bits per heavy atom. The Labute approximate surface area is 102 Å². The fourth-order valence-electron chi connectivity index (χ4n) is 3.10. The topological polar surface area (TPSA) is 66.4 Å². The third-order valence-electron chi connectivity index (χ3n) is 4.11. The van der Waals surface area contributed by atoms with Crippen molar-refractivity contribution in [2.24, 2.45) is 23.2 Å². The first-order chi connectivity index (χ1) is 7.82. The summed E-state index contributed by atoms with van der Waals surface area (Å²) < 4.78 is 0. The van der Waals surface area contributed by atoms with Crippen LogP contribution in [0.5, 0.6) is 0 Å². The minimum atomic E-state index is -0.948. The van der Waals surface area contributed by atoms with Crippen LogP contribution in [0.3, 0.4) is 0 Å². The lowest BCUT2D eigenvalue weighted by molar-refractivity contribution is -0.145. The van der Waals surface area contributed by atoms with E-state index in [1.807, 2.05) is 20.8 Å². The number of hydrogen-bond donors (Lipinski definition) is 2. The van der Waals surface area contributed by atoms with E-state index in [-0.39, 0.29) is 11.8 Å². The van der Waals surface area contributed by atoms with Crippen LogP contribution in [0.25, 0.3) is 0 Å². The summed E-state index contributed by atoms with van der Waals surface area (Å²) in [6, 6.07) is -0.795. The highest BCUT2D eigenvalue weighted by Crippen LogP contribution is 2.57. The molecule has 4 heteroatoms. The maximum atomic E-state index is 12.0. The molecule has 2 unspecified atom stereocenters. The van der Waals surface area contributed by atoms with Gasteiger partial charge in [0.25, 0.3) is 0 Å². The van der Waals surface area contributed by atoms with Gasteiger partial charge in [0, 0.05) is 5.92 Å². The molecule has 0 aromatic carbocycles. The lowest BCUT2D eigenvalue weighted by Gasteiger charge is -2.28. The molecule has 0 bridgehead atoms. The quantitative estimate of drug-likeness (QED) is 0.787. The molecule has 17 heavy (non-hydrogen) atoms. The van der Waals surface area contributed by atoms with Gasteiger partial charge in [0.2, 0.25) is 5.91 Å². The number of carbonyl (C=O) groups excluding carboxylic acids is 1. The highest BCUT2D eigenvalue weighted by molar-refractivity contribution is 5.87. The summed E-state index contributed by atoms with van der Waals surface area (Å²) >= 11 is 0. The van der Waals surface area contributed by atoms with Crippen LogP contribution in [0.2, 0.25) is 0 Å². The van der Waals surface area contributed by atoms with Crippen molar-refractivity contribution in [2.45, 2.75) is 46.1 Å². The number of hydrogen-bond acceptors (Lipinski definition) is 2. The van der Waals surface area contributed by atoms with E-state index in [9.17, 15) is 9.59 Å². The van der Waals surface area contributed by atoms with Gasteiger partial charge in [-0.1, -0.05) is 27.2 Å². The maximum absolute atomic E-state index is 12.0. The number of carboxylic acids is 1. The van der Waals surface area contributed by atoms with Crippen LogP contribution in [0.4, 0.5) is 0 Å². The molecule has 3 atom stereocenters. The molecule has 4 nitrogen and oxygen atoms in total. The Bertz CT molecular complexity index is 335. The molecule has 2 aliphatic carbocycles. The Morgan fingerprint density at radius 1 is 1.24 bits per heavy atom. The maximum Gasteiger partial charge on any atom is 0.326 e. The number of rotatable bonds is 3. The number of amides is 1. The second-order valence-corrected chi connectivity index (χ2v) is 6.43. The van der Waals surface area contributed by atoms with E-state index >= 15 is 0 Å². The molecule has 2 fully saturated rings. The second-order valence-electron chi connectivity index (χ2n) is 6.43. The van der Waals surface area contributed by atoms with E-state index in [0.717, 1.165) is 12.8 Å². The second kappa shape index (κ2) is 4.00. The zero-order valence-corrected chi connectivity index (χ0v) is 10.7. The lowest BCUT2D eigenvalue weighted by Crippen LogP contribution is -2.49. The van der Waals surface area contributed by atoms with Gasteiger partial charge >= 0.3 is 5.97 Å². The van der Waals surface area contributed by atoms with Crippen LogP contribution in [-0.4, -0.2) is 23.0 Å². The molecule has 2 rings (SSSR count). The molecule has 0 heterocycles. The highest BCUT2D eigenvalue weighted by atomic mass is 16.4. The average Bonchev–Trinajstić information content (AvgIpc) is 2.66. The van der Waals surface area contributed by atoms with Gasteiger partial charge in [0.1, 0.15) is 6.04 Å². The molecule has 96 valence electrons. The first kappa shape index (κ1) is 12.4. The summed E-state index contributed by atoms with van der Waals surface area (Å²) in [6.07, 6.45) is 3.49. The highest BCUT2D eigenvalue weighted by Gasteiger charge is 2.57. The van der Waals surface area contributed by atoms with Gasteiger partial charge in [-0.2, -0.15) is 0 Å². The number of aliphatic carboxylic acids is 1. The zero-order chi connectivity index (χ0) is 12.8. The first-order valence-corrected chi connectivity index (χ1v) is 6.35. The minimum absolute atomic E-state index is 0.0537. The molecule has 0 spiro atoms. The van der Waals surface area contributed by atoms with Crippen molar-refractivity contribution < 1.29 is 14.7 Å². The monoisotopic (exact) mass is 239 g/mol. The molecule has 0 aromatic rings. The summed E-state index contributed by atoms with van der Waals surface area (Å²) in [4.78, 5) is 23.2. The van der Waals surface area contributed by atoms with Gasteiger partial charge in [-0.15, -0.1) is 0 Å². The van der Waals surface area contributed by atoms with Crippen LogP contribution >= 0.6 is 0 Å². The molecule has 0 aromatic heterocycles. The molecule has 1 amide bonds.